The molecule has 172 valence electrons. The second-order valence-corrected chi connectivity index (χ2v) is 8.28. The van der Waals surface area contributed by atoms with Gasteiger partial charge in [-0.05, 0) is 46.0 Å². The van der Waals surface area contributed by atoms with E-state index in [1.807, 2.05) is 17.9 Å². The Bertz CT molecular complexity index is 790. The van der Waals surface area contributed by atoms with E-state index in [4.69, 9.17) is 4.99 Å². The third-order valence-corrected chi connectivity index (χ3v) is 5.73. The topological polar surface area (TPSA) is 60.7 Å². The van der Waals surface area contributed by atoms with Crippen LogP contribution in [-0.4, -0.2) is 71.9 Å². The number of halogens is 1. The van der Waals surface area contributed by atoms with E-state index < -0.39 is 0 Å². The lowest BCUT2D eigenvalue weighted by molar-refractivity contribution is 0.245. The van der Waals surface area contributed by atoms with Gasteiger partial charge in [0.1, 0.15) is 0 Å². The average Bonchev–Trinajstić information content (AvgIpc) is 3.35. The minimum Gasteiger partial charge on any atom is -0.357 e. The van der Waals surface area contributed by atoms with Crippen LogP contribution in [0, 0.1) is 0 Å². The van der Waals surface area contributed by atoms with E-state index in [2.05, 4.69) is 83.1 Å². The molecule has 7 nitrogen and oxygen atoms in total. The molecular formula is C23H38IN7. The van der Waals surface area contributed by atoms with Crippen molar-refractivity contribution in [3.63, 3.8) is 0 Å². The van der Waals surface area contributed by atoms with Crippen LogP contribution >= 0.6 is 24.0 Å². The van der Waals surface area contributed by atoms with Crippen molar-refractivity contribution in [2.24, 2.45) is 12.0 Å². The van der Waals surface area contributed by atoms with Crippen LogP contribution in [0.1, 0.15) is 36.9 Å². The Morgan fingerprint density at radius 3 is 2.68 bits per heavy atom. The fourth-order valence-electron chi connectivity index (χ4n) is 4.07. The van der Waals surface area contributed by atoms with E-state index in [-0.39, 0.29) is 30.0 Å². The van der Waals surface area contributed by atoms with E-state index in [0.717, 1.165) is 25.6 Å². The molecule has 1 saturated heterocycles. The maximum absolute atomic E-state index is 4.89. The molecule has 0 bridgehead atoms. The summed E-state index contributed by atoms with van der Waals surface area (Å²) >= 11 is 0. The molecule has 1 aliphatic rings. The van der Waals surface area contributed by atoms with Gasteiger partial charge in [-0.2, -0.15) is 5.10 Å². The smallest absolute Gasteiger partial charge is 0.191 e. The van der Waals surface area contributed by atoms with E-state index in [1.54, 1.807) is 0 Å². The Morgan fingerprint density at radius 2 is 2.03 bits per heavy atom. The molecule has 0 aliphatic carbocycles. The number of hydrogen-bond donors (Lipinski definition) is 2. The highest BCUT2D eigenvalue weighted by molar-refractivity contribution is 14.0. The lowest BCUT2D eigenvalue weighted by atomic mass is 10.1. The average molecular weight is 540 g/mol. The lowest BCUT2D eigenvalue weighted by Crippen LogP contribution is -2.45. The van der Waals surface area contributed by atoms with Gasteiger partial charge < -0.3 is 15.5 Å². The fourth-order valence-corrected chi connectivity index (χ4v) is 4.07. The predicted octanol–water partition coefficient (Wildman–Crippen LogP) is 2.86. The van der Waals surface area contributed by atoms with Gasteiger partial charge in [0.05, 0.1) is 18.8 Å². The SMILES string of the molecule is CCNC(=NCC(c1cnn(C)c1)N(C)C)NCC1CCCN1Cc1ccccc1.I. The van der Waals surface area contributed by atoms with Crippen LogP contribution in [0.25, 0.3) is 0 Å². The number of likely N-dealkylation sites (tertiary alicyclic amines) is 1. The molecular weight excluding hydrogens is 501 g/mol. The minimum atomic E-state index is 0. The molecule has 2 atom stereocenters. The molecule has 0 spiro atoms. The number of rotatable bonds is 9. The Morgan fingerprint density at radius 1 is 1.26 bits per heavy atom. The number of aromatic nitrogens is 2. The molecule has 1 aromatic carbocycles. The van der Waals surface area contributed by atoms with Crippen LogP contribution < -0.4 is 10.6 Å². The van der Waals surface area contributed by atoms with Crippen molar-refractivity contribution in [3.05, 3.63) is 53.9 Å². The summed E-state index contributed by atoms with van der Waals surface area (Å²) in [7, 11) is 6.13. The zero-order chi connectivity index (χ0) is 21.3. The number of benzene rings is 1. The highest BCUT2D eigenvalue weighted by Gasteiger charge is 2.24. The molecule has 3 rings (SSSR count). The normalized spacial score (nSPS) is 18.1. The number of aliphatic imine (C=N–C) groups is 1. The molecule has 31 heavy (non-hydrogen) atoms. The second kappa shape index (κ2) is 13.0. The zero-order valence-electron chi connectivity index (χ0n) is 19.3. The quantitative estimate of drug-likeness (QED) is 0.292. The van der Waals surface area contributed by atoms with Crippen LogP contribution in [0.5, 0.6) is 0 Å². The number of likely N-dealkylation sites (N-methyl/N-ethyl adjacent to an activating group) is 1. The van der Waals surface area contributed by atoms with Gasteiger partial charge in [-0.1, -0.05) is 30.3 Å². The first-order valence-corrected chi connectivity index (χ1v) is 11.0. The molecule has 0 amide bonds. The Balaban J connectivity index is 0.00000341. The van der Waals surface area contributed by atoms with Gasteiger partial charge in [-0.15, -0.1) is 24.0 Å². The van der Waals surface area contributed by atoms with Gasteiger partial charge in [-0.3, -0.25) is 14.6 Å². The molecule has 2 heterocycles. The summed E-state index contributed by atoms with van der Waals surface area (Å²) in [4.78, 5) is 9.67. The van der Waals surface area contributed by atoms with Crippen LogP contribution in [0.15, 0.2) is 47.7 Å². The maximum Gasteiger partial charge on any atom is 0.191 e. The summed E-state index contributed by atoms with van der Waals surface area (Å²) in [6.07, 6.45) is 6.49. The summed E-state index contributed by atoms with van der Waals surface area (Å²) in [6, 6.07) is 11.5. The highest BCUT2D eigenvalue weighted by atomic mass is 127. The van der Waals surface area contributed by atoms with E-state index >= 15 is 0 Å². The van der Waals surface area contributed by atoms with Crippen LogP contribution in [0.2, 0.25) is 0 Å². The summed E-state index contributed by atoms with van der Waals surface area (Å²) in [5, 5.41) is 11.3. The number of aryl methyl sites for hydroxylation is 1. The van der Waals surface area contributed by atoms with Crippen molar-refractivity contribution < 1.29 is 0 Å². The van der Waals surface area contributed by atoms with Crippen molar-refractivity contribution in [1.29, 1.82) is 0 Å². The van der Waals surface area contributed by atoms with Gasteiger partial charge in [-0.25, -0.2) is 0 Å². The molecule has 1 aromatic heterocycles. The van der Waals surface area contributed by atoms with Gasteiger partial charge >= 0.3 is 0 Å². The fraction of sp³-hybridized carbons (Fsp3) is 0.565. The van der Waals surface area contributed by atoms with E-state index in [0.29, 0.717) is 12.6 Å². The zero-order valence-corrected chi connectivity index (χ0v) is 21.6. The summed E-state index contributed by atoms with van der Waals surface area (Å²) in [5.74, 6) is 0.889. The van der Waals surface area contributed by atoms with Crippen LogP contribution in [-0.2, 0) is 13.6 Å². The summed E-state index contributed by atoms with van der Waals surface area (Å²) in [6.45, 7) is 6.75. The third kappa shape index (κ3) is 7.76. The van der Waals surface area contributed by atoms with Crippen molar-refractivity contribution >= 4 is 29.9 Å². The van der Waals surface area contributed by atoms with E-state index in [9.17, 15) is 0 Å². The van der Waals surface area contributed by atoms with Gasteiger partial charge in [0, 0.05) is 44.5 Å². The Labute approximate surface area is 204 Å². The minimum absolute atomic E-state index is 0. The van der Waals surface area contributed by atoms with Crippen LogP contribution in [0.4, 0.5) is 0 Å². The van der Waals surface area contributed by atoms with Crippen molar-refractivity contribution in [2.75, 3.05) is 40.3 Å². The van der Waals surface area contributed by atoms with Crippen molar-refractivity contribution in [2.45, 2.75) is 38.4 Å². The number of guanidine groups is 1. The summed E-state index contributed by atoms with van der Waals surface area (Å²) in [5.41, 5.74) is 2.57. The lowest BCUT2D eigenvalue weighted by Gasteiger charge is -2.26. The Hall–Kier alpha value is -1.65. The molecule has 2 aromatic rings. The maximum atomic E-state index is 4.89. The first kappa shape index (κ1) is 25.6. The summed E-state index contributed by atoms with van der Waals surface area (Å²) < 4.78 is 1.85. The highest BCUT2D eigenvalue weighted by Crippen LogP contribution is 2.20. The first-order valence-electron chi connectivity index (χ1n) is 11.0. The molecule has 1 fully saturated rings. The number of nitrogens with one attached hydrogen (secondary N) is 2. The molecule has 2 unspecified atom stereocenters. The van der Waals surface area contributed by atoms with E-state index in [1.165, 1.54) is 30.5 Å². The monoisotopic (exact) mass is 539 g/mol. The van der Waals surface area contributed by atoms with Crippen molar-refractivity contribution in [1.82, 2.24) is 30.2 Å². The van der Waals surface area contributed by atoms with Crippen molar-refractivity contribution in [3.8, 4) is 0 Å². The number of nitrogens with zero attached hydrogens (tertiary/aromatic N) is 5. The first-order chi connectivity index (χ1) is 14.6. The van der Waals surface area contributed by atoms with Gasteiger partial charge in [0.15, 0.2) is 5.96 Å². The van der Waals surface area contributed by atoms with Gasteiger partial charge in [0.25, 0.3) is 0 Å². The largest absolute Gasteiger partial charge is 0.357 e. The third-order valence-electron chi connectivity index (χ3n) is 5.73. The molecule has 2 N–H and O–H groups in total. The number of hydrogen-bond acceptors (Lipinski definition) is 4. The van der Waals surface area contributed by atoms with Crippen LogP contribution in [0.3, 0.4) is 0 Å². The molecule has 1 aliphatic heterocycles. The second-order valence-electron chi connectivity index (χ2n) is 8.28. The molecule has 8 heteroatoms. The van der Waals surface area contributed by atoms with Gasteiger partial charge in [0.2, 0.25) is 0 Å². The standard InChI is InChI=1S/C23H37N7.HI/c1-5-24-23(26-16-22(28(2)3)20-14-27-29(4)18-20)25-15-21-12-9-13-30(21)17-19-10-7-6-8-11-19;/h6-8,10-11,14,18,21-22H,5,9,12-13,15-17H2,1-4H3,(H2,24,25,26);1H. The molecule has 0 saturated carbocycles. The Kier molecular flexibility index (Phi) is 10.8. The predicted molar refractivity (Wildman–Crippen MR) is 139 cm³/mol. The molecule has 0 radical (unpaired) electrons.